The lowest BCUT2D eigenvalue weighted by molar-refractivity contribution is 0.264. The quantitative estimate of drug-likeness (QED) is 0.848. The molecule has 0 heterocycles. The zero-order valence-corrected chi connectivity index (χ0v) is 10.6. The third-order valence-electron chi connectivity index (χ3n) is 3.00. The van der Waals surface area contributed by atoms with Gasteiger partial charge in [-0.15, -0.1) is 0 Å². The second-order valence-electron chi connectivity index (χ2n) is 4.34. The molecule has 96 valence electrons. The van der Waals surface area contributed by atoms with Crippen molar-refractivity contribution >= 4 is 10.8 Å². The number of hydrogen-bond acceptors (Lipinski definition) is 3. The summed E-state index contributed by atoms with van der Waals surface area (Å²) in [4.78, 5) is 0. The van der Waals surface area contributed by atoms with Gasteiger partial charge in [0, 0.05) is 11.6 Å². The Labute approximate surface area is 107 Å². The van der Waals surface area contributed by atoms with Gasteiger partial charge in [0.2, 0.25) is 0 Å². The van der Waals surface area contributed by atoms with Crippen molar-refractivity contribution in [3.63, 3.8) is 0 Å². The number of ether oxygens (including phenoxy) is 1. The van der Waals surface area contributed by atoms with E-state index < -0.39 is 0 Å². The largest absolute Gasteiger partial charge is 0.494 e. The highest BCUT2D eigenvalue weighted by Gasteiger charge is 2.12. The molecular formula is C15H19NO2. The molecule has 0 aliphatic carbocycles. The van der Waals surface area contributed by atoms with Crippen LogP contribution in [0, 0.1) is 0 Å². The van der Waals surface area contributed by atoms with E-state index in [9.17, 15) is 0 Å². The Bertz CT molecular complexity index is 525. The summed E-state index contributed by atoms with van der Waals surface area (Å²) in [6, 6.07) is 11.9. The van der Waals surface area contributed by atoms with Gasteiger partial charge >= 0.3 is 0 Å². The molecule has 0 amide bonds. The van der Waals surface area contributed by atoms with Crippen molar-refractivity contribution in [3.05, 3.63) is 42.0 Å². The van der Waals surface area contributed by atoms with Crippen LogP contribution in [0.4, 0.5) is 0 Å². The van der Waals surface area contributed by atoms with Crippen molar-refractivity contribution in [2.75, 3.05) is 13.2 Å². The molecule has 1 unspecified atom stereocenters. The molecule has 0 bridgehead atoms. The van der Waals surface area contributed by atoms with Crippen molar-refractivity contribution in [2.45, 2.75) is 19.4 Å². The van der Waals surface area contributed by atoms with Gasteiger partial charge in [-0.25, -0.2) is 0 Å². The van der Waals surface area contributed by atoms with Crippen molar-refractivity contribution in [3.8, 4) is 5.75 Å². The van der Waals surface area contributed by atoms with E-state index in [4.69, 9.17) is 15.6 Å². The zero-order chi connectivity index (χ0) is 13.0. The third kappa shape index (κ3) is 2.63. The minimum atomic E-state index is -0.255. The molecule has 0 radical (unpaired) electrons. The predicted molar refractivity (Wildman–Crippen MR) is 73.9 cm³/mol. The van der Waals surface area contributed by atoms with E-state index >= 15 is 0 Å². The van der Waals surface area contributed by atoms with Crippen LogP contribution in [-0.2, 0) is 6.42 Å². The normalized spacial score (nSPS) is 12.6. The number of hydrogen-bond donors (Lipinski definition) is 2. The van der Waals surface area contributed by atoms with E-state index in [1.54, 1.807) is 0 Å². The predicted octanol–water partition coefficient (Wildman–Crippen LogP) is 2.10. The van der Waals surface area contributed by atoms with E-state index in [1.807, 2.05) is 31.2 Å². The first kappa shape index (κ1) is 12.9. The Hall–Kier alpha value is -1.58. The summed E-state index contributed by atoms with van der Waals surface area (Å²) in [6.45, 7) is 2.57. The first-order chi connectivity index (χ1) is 8.76. The first-order valence-electron chi connectivity index (χ1n) is 6.26. The Morgan fingerprint density at radius 2 is 2.00 bits per heavy atom. The monoisotopic (exact) mass is 245 g/mol. The molecule has 3 heteroatoms. The van der Waals surface area contributed by atoms with Crippen LogP contribution in [0.3, 0.4) is 0 Å². The molecule has 3 N–H and O–H groups in total. The van der Waals surface area contributed by atoms with Crippen LogP contribution in [0.25, 0.3) is 10.8 Å². The fourth-order valence-electron chi connectivity index (χ4n) is 2.14. The second-order valence-corrected chi connectivity index (χ2v) is 4.34. The summed E-state index contributed by atoms with van der Waals surface area (Å²) in [6.07, 6.45) is 0.618. The van der Waals surface area contributed by atoms with Gasteiger partial charge in [0.25, 0.3) is 0 Å². The maximum atomic E-state index is 9.12. The summed E-state index contributed by atoms with van der Waals surface area (Å²) in [5.74, 6) is 0.861. The molecule has 2 aromatic carbocycles. The maximum Gasteiger partial charge on any atom is 0.123 e. The zero-order valence-electron chi connectivity index (χ0n) is 10.6. The van der Waals surface area contributed by atoms with E-state index in [-0.39, 0.29) is 12.6 Å². The minimum absolute atomic E-state index is 0.0191. The lowest BCUT2D eigenvalue weighted by Gasteiger charge is -2.16. The molecule has 0 fully saturated rings. The molecule has 0 spiro atoms. The number of benzene rings is 2. The van der Waals surface area contributed by atoms with E-state index in [0.717, 1.165) is 16.7 Å². The number of aliphatic hydroxyl groups is 1. The van der Waals surface area contributed by atoms with Crippen molar-refractivity contribution in [1.82, 2.24) is 0 Å². The Morgan fingerprint density at radius 1 is 1.22 bits per heavy atom. The Morgan fingerprint density at radius 3 is 2.72 bits per heavy atom. The second kappa shape index (κ2) is 5.85. The first-order valence-corrected chi connectivity index (χ1v) is 6.26. The lowest BCUT2D eigenvalue weighted by Crippen LogP contribution is -2.27. The van der Waals surface area contributed by atoms with Gasteiger partial charge in [0.15, 0.2) is 0 Å². The standard InChI is InChI=1S/C15H19NO2/c1-2-18-15-8-7-11-5-3-4-6-13(11)14(15)9-12(16)10-17/h3-8,12,17H,2,9-10,16H2,1H3. The number of rotatable bonds is 5. The van der Waals surface area contributed by atoms with Crippen LogP contribution in [0.15, 0.2) is 36.4 Å². The van der Waals surface area contributed by atoms with Crippen LogP contribution < -0.4 is 10.5 Å². The summed E-state index contributed by atoms with van der Waals surface area (Å²) < 4.78 is 5.65. The van der Waals surface area contributed by atoms with Gasteiger partial charge in [-0.3, -0.25) is 0 Å². The third-order valence-corrected chi connectivity index (χ3v) is 3.00. The Kier molecular flexibility index (Phi) is 4.18. The minimum Gasteiger partial charge on any atom is -0.494 e. The van der Waals surface area contributed by atoms with Gasteiger partial charge in [0.05, 0.1) is 13.2 Å². The highest BCUT2D eigenvalue weighted by atomic mass is 16.5. The molecule has 0 aliphatic heterocycles. The van der Waals surface area contributed by atoms with Crippen molar-refractivity contribution in [1.29, 1.82) is 0 Å². The molecule has 1 atom stereocenters. The van der Waals surface area contributed by atoms with Crippen LogP contribution in [0.5, 0.6) is 5.75 Å². The van der Waals surface area contributed by atoms with E-state index in [2.05, 4.69) is 12.1 Å². The summed E-state index contributed by atoms with van der Waals surface area (Å²) in [5, 5.41) is 11.4. The summed E-state index contributed by atoms with van der Waals surface area (Å²) in [7, 11) is 0. The lowest BCUT2D eigenvalue weighted by atomic mass is 9.98. The molecule has 2 rings (SSSR count). The Balaban J connectivity index is 2.51. The van der Waals surface area contributed by atoms with Gasteiger partial charge in [-0.2, -0.15) is 0 Å². The summed E-state index contributed by atoms with van der Waals surface area (Å²) in [5.41, 5.74) is 6.94. The van der Waals surface area contributed by atoms with Crippen molar-refractivity contribution < 1.29 is 9.84 Å². The molecule has 18 heavy (non-hydrogen) atoms. The van der Waals surface area contributed by atoms with Gasteiger partial charge in [-0.1, -0.05) is 30.3 Å². The van der Waals surface area contributed by atoms with Crippen molar-refractivity contribution in [2.24, 2.45) is 5.73 Å². The topological polar surface area (TPSA) is 55.5 Å². The number of nitrogens with two attached hydrogens (primary N) is 1. The fraction of sp³-hybridized carbons (Fsp3) is 0.333. The number of aliphatic hydroxyl groups excluding tert-OH is 1. The molecular weight excluding hydrogens is 226 g/mol. The number of fused-ring (bicyclic) bond motifs is 1. The average molecular weight is 245 g/mol. The maximum absolute atomic E-state index is 9.12. The molecule has 0 aromatic heterocycles. The highest BCUT2D eigenvalue weighted by molar-refractivity contribution is 5.87. The molecule has 2 aromatic rings. The summed E-state index contributed by atoms with van der Waals surface area (Å²) >= 11 is 0. The smallest absolute Gasteiger partial charge is 0.123 e. The SMILES string of the molecule is CCOc1ccc2ccccc2c1CC(N)CO. The molecule has 0 saturated heterocycles. The van der Waals surface area contributed by atoms with E-state index in [0.29, 0.717) is 13.0 Å². The van der Waals surface area contributed by atoms with Crippen LogP contribution in [0.1, 0.15) is 12.5 Å². The molecule has 0 saturated carbocycles. The van der Waals surface area contributed by atoms with E-state index in [1.165, 1.54) is 5.39 Å². The molecule has 0 aliphatic rings. The highest BCUT2D eigenvalue weighted by Crippen LogP contribution is 2.29. The van der Waals surface area contributed by atoms with Gasteiger partial charge in [-0.05, 0) is 30.2 Å². The van der Waals surface area contributed by atoms with Crippen LogP contribution >= 0.6 is 0 Å². The average Bonchev–Trinajstić information content (AvgIpc) is 2.41. The van der Waals surface area contributed by atoms with Gasteiger partial charge in [0.1, 0.15) is 5.75 Å². The fourth-order valence-corrected chi connectivity index (χ4v) is 2.14. The van der Waals surface area contributed by atoms with Crippen LogP contribution in [0.2, 0.25) is 0 Å². The molecule has 3 nitrogen and oxygen atoms in total. The van der Waals surface area contributed by atoms with Gasteiger partial charge < -0.3 is 15.6 Å². The van der Waals surface area contributed by atoms with Crippen LogP contribution in [-0.4, -0.2) is 24.4 Å².